The summed E-state index contributed by atoms with van der Waals surface area (Å²) in [6, 6.07) is 11.4. The largest absolute Gasteiger partial charge is 0.493 e. The van der Waals surface area contributed by atoms with Crippen LogP contribution in [0.3, 0.4) is 0 Å². The van der Waals surface area contributed by atoms with Crippen LogP contribution in [0.1, 0.15) is 40.7 Å². The van der Waals surface area contributed by atoms with Gasteiger partial charge < -0.3 is 14.2 Å². The maximum Gasteiger partial charge on any atom is 0.255 e. The van der Waals surface area contributed by atoms with Gasteiger partial charge >= 0.3 is 0 Å². The molecule has 8 nitrogen and oxygen atoms in total. The monoisotopic (exact) mass is 456 g/mol. The molecule has 8 heteroatoms. The number of amides is 3. The lowest BCUT2D eigenvalue weighted by atomic mass is 9.98. The molecule has 3 aliphatic heterocycles. The Balaban J connectivity index is 1.34. The fraction of sp³-hybridized carbons (Fsp3) is 0.308. The molecule has 0 unspecified atom stereocenters. The second-order valence-corrected chi connectivity index (χ2v) is 9.10. The van der Waals surface area contributed by atoms with Gasteiger partial charge in [0.1, 0.15) is 11.8 Å². The zero-order chi connectivity index (χ0) is 23.4. The first-order chi connectivity index (χ1) is 16.5. The molecule has 3 amide bonds. The minimum Gasteiger partial charge on any atom is -0.493 e. The van der Waals surface area contributed by atoms with Crippen LogP contribution in [0.15, 0.2) is 42.7 Å². The molecule has 1 N–H and O–H groups in total. The number of rotatable bonds is 3. The molecule has 3 aliphatic rings. The van der Waals surface area contributed by atoms with Crippen LogP contribution in [0, 0.1) is 0 Å². The third-order valence-electron chi connectivity index (χ3n) is 6.92. The highest BCUT2D eigenvalue weighted by Crippen LogP contribution is 2.37. The van der Waals surface area contributed by atoms with E-state index in [4.69, 9.17) is 4.74 Å². The van der Waals surface area contributed by atoms with Gasteiger partial charge in [-0.2, -0.15) is 0 Å². The number of nitrogens with one attached hydrogen (secondary N) is 1. The molecular weight excluding hydrogens is 432 g/mol. The average Bonchev–Trinajstić information content (AvgIpc) is 3.38. The maximum absolute atomic E-state index is 13.0. The van der Waals surface area contributed by atoms with E-state index in [0.29, 0.717) is 18.5 Å². The number of aryl methyl sites for hydroxylation is 2. The summed E-state index contributed by atoms with van der Waals surface area (Å²) < 4.78 is 7.78. The number of piperidine rings is 1. The molecule has 3 aromatic rings. The summed E-state index contributed by atoms with van der Waals surface area (Å²) in [6.07, 6.45) is 4.40. The summed E-state index contributed by atoms with van der Waals surface area (Å²) >= 11 is 0. The average molecular weight is 457 g/mol. The van der Waals surface area contributed by atoms with E-state index < -0.39 is 11.9 Å². The molecular formula is C26H24N4O4. The van der Waals surface area contributed by atoms with Crippen molar-refractivity contribution in [2.75, 3.05) is 6.61 Å². The van der Waals surface area contributed by atoms with E-state index >= 15 is 0 Å². The number of ether oxygens (including phenoxy) is 1. The van der Waals surface area contributed by atoms with Crippen molar-refractivity contribution in [3.05, 3.63) is 59.4 Å². The third kappa shape index (κ3) is 3.29. The zero-order valence-electron chi connectivity index (χ0n) is 18.8. The molecule has 4 heterocycles. The van der Waals surface area contributed by atoms with Crippen LogP contribution < -0.4 is 10.1 Å². The van der Waals surface area contributed by atoms with E-state index in [1.165, 1.54) is 5.56 Å². The van der Waals surface area contributed by atoms with Gasteiger partial charge in [-0.05, 0) is 60.7 Å². The van der Waals surface area contributed by atoms with Crippen LogP contribution in [0.4, 0.5) is 0 Å². The number of hydrogen-bond acceptors (Lipinski definition) is 5. The van der Waals surface area contributed by atoms with Crippen molar-refractivity contribution in [2.45, 2.75) is 38.3 Å². The molecule has 0 spiro atoms. The van der Waals surface area contributed by atoms with E-state index in [9.17, 15) is 14.4 Å². The Kier molecular flexibility index (Phi) is 4.76. The molecule has 1 aromatic heterocycles. The minimum absolute atomic E-state index is 0.174. The quantitative estimate of drug-likeness (QED) is 0.612. The lowest BCUT2D eigenvalue weighted by molar-refractivity contribution is -0.136. The first-order valence-corrected chi connectivity index (χ1v) is 11.5. The van der Waals surface area contributed by atoms with Crippen molar-refractivity contribution in [3.8, 4) is 28.3 Å². The second-order valence-electron chi connectivity index (χ2n) is 9.10. The number of nitrogens with zero attached hydrogens (tertiary/aromatic N) is 3. The van der Waals surface area contributed by atoms with E-state index in [1.54, 1.807) is 11.2 Å². The van der Waals surface area contributed by atoms with Crippen LogP contribution in [-0.4, -0.2) is 44.8 Å². The number of imidazole rings is 1. The van der Waals surface area contributed by atoms with Gasteiger partial charge in [0.25, 0.3) is 5.91 Å². The van der Waals surface area contributed by atoms with E-state index in [1.807, 2.05) is 35.9 Å². The second kappa shape index (κ2) is 7.83. The molecule has 1 saturated heterocycles. The van der Waals surface area contributed by atoms with E-state index in [-0.39, 0.29) is 18.2 Å². The van der Waals surface area contributed by atoms with Crippen LogP contribution >= 0.6 is 0 Å². The standard InChI is InChI=1S/C26H24N4O4/c1-29-14-27-23(24(29)17-5-8-21-15(11-17)3-2-10-34-21)16-4-6-19-18(12-16)13-30(26(19)33)20-7-9-22(31)28-25(20)32/h4-6,8,11-12,14,20H,2-3,7,9-10,13H2,1H3,(H,28,31,32)/t20-/m0/s1. The smallest absolute Gasteiger partial charge is 0.255 e. The lowest BCUT2D eigenvalue weighted by Gasteiger charge is -2.29. The number of imide groups is 1. The fourth-order valence-electron chi connectivity index (χ4n) is 5.21. The molecule has 1 fully saturated rings. The first-order valence-electron chi connectivity index (χ1n) is 11.5. The number of hydrogen-bond donors (Lipinski definition) is 1. The van der Waals surface area contributed by atoms with Gasteiger partial charge in [-0.15, -0.1) is 0 Å². The van der Waals surface area contributed by atoms with Crippen molar-refractivity contribution in [1.82, 2.24) is 19.8 Å². The van der Waals surface area contributed by atoms with Crippen LogP contribution in [0.2, 0.25) is 0 Å². The first kappa shape index (κ1) is 20.7. The van der Waals surface area contributed by atoms with Gasteiger partial charge in [0.05, 0.1) is 24.3 Å². The third-order valence-corrected chi connectivity index (χ3v) is 6.92. The van der Waals surface area contributed by atoms with E-state index in [0.717, 1.165) is 53.3 Å². The van der Waals surface area contributed by atoms with Gasteiger partial charge in [0.15, 0.2) is 0 Å². The Morgan fingerprint density at radius 1 is 1.03 bits per heavy atom. The summed E-state index contributed by atoms with van der Waals surface area (Å²) in [7, 11) is 1.98. The molecule has 0 bridgehead atoms. The predicted molar refractivity (Wildman–Crippen MR) is 124 cm³/mol. The molecule has 1 atom stereocenters. The molecule has 0 aliphatic carbocycles. The van der Waals surface area contributed by atoms with Crippen LogP contribution in [-0.2, 0) is 29.6 Å². The summed E-state index contributed by atoms with van der Waals surface area (Å²) in [5.41, 5.74) is 6.49. The summed E-state index contributed by atoms with van der Waals surface area (Å²) in [4.78, 5) is 43.1. The topological polar surface area (TPSA) is 93.5 Å². The van der Waals surface area contributed by atoms with Crippen molar-refractivity contribution < 1.29 is 19.1 Å². The van der Waals surface area contributed by atoms with Crippen LogP contribution in [0.5, 0.6) is 5.75 Å². The molecule has 0 radical (unpaired) electrons. The lowest BCUT2D eigenvalue weighted by Crippen LogP contribution is -2.52. The highest BCUT2D eigenvalue weighted by Gasteiger charge is 2.39. The normalized spacial score (nSPS) is 19.5. The SMILES string of the molecule is Cn1cnc(-c2ccc3c(c2)CN([C@H]2CCC(=O)NC2=O)C3=O)c1-c1ccc2c(c1)CCCO2. The number of carbonyl (C=O) groups is 3. The maximum atomic E-state index is 13.0. The van der Waals surface area contributed by atoms with Crippen molar-refractivity contribution in [3.63, 3.8) is 0 Å². The predicted octanol–water partition coefficient (Wildman–Crippen LogP) is 2.84. The van der Waals surface area contributed by atoms with Crippen molar-refractivity contribution in [1.29, 1.82) is 0 Å². The van der Waals surface area contributed by atoms with Gasteiger partial charge in [-0.3, -0.25) is 19.7 Å². The summed E-state index contributed by atoms with van der Waals surface area (Å²) in [5.74, 6) is 0.0837. The van der Waals surface area contributed by atoms with Gasteiger partial charge in [0, 0.05) is 36.7 Å². The molecule has 6 rings (SSSR count). The van der Waals surface area contributed by atoms with Crippen LogP contribution in [0.25, 0.3) is 22.5 Å². The van der Waals surface area contributed by atoms with Gasteiger partial charge in [-0.1, -0.05) is 6.07 Å². The number of benzene rings is 2. The highest BCUT2D eigenvalue weighted by atomic mass is 16.5. The highest BCUT2D eigenvalue weighted by molar-refractivity contribution is 6.05. The van der Waals surface area contributed by atoms with Gasteiger partial charge in [0.2, 0.25) is 11.8 Å². The number of fused-ring (bicyclic) bond motifs is 2. The number of carbonyl (C=O) groups excluding carboxylic acids is 3. The molecule has 2 aromatic carbocycles. The van der Waals surface area contributed by atoms with Crippen molar-refractivity contribution in [2.24, 2.45) is 7.05 Å². The Bertz CT molecular complexity index is 1360. The zero-order valence-corrected chi connectivity index (χ0v) is 18.8. The molecule has 172 valence electrons. The summed E-state index contributed by atoms with van der Waals surface area (Å²) in [5, 5.41) is 2.35. The molecule has 34 heavy (non-hydrogen) atoms. The fourth-order valence-corrected chi connectivity index (χ4v) is 5.21. The molecule has 0 saturated carbocycles. The Labute approximate surface area is 196 Å². The van der Waals surface area contributed by atoms with Gasteiger partial charge in [-0.25, -0.2) is 4.98 Å². The van der Waals surface area contributed by atoms with E-state index in [2.05, 4.69) is 22.4 Å². The Morgan fingerprint density at radius 3 is 2.71 bits per heavy atom. The Morgan fingerprint density at radius 2 is 1.85 bits per heavy atom. The van der Waals surface area contributed by atoms with Crippen molar-refractivity contribution >= 4 is 17.7 Å². The summed E-state index contributed by atoms with van der Waals surface area (Å²) in [6.45, 7) is 1.10. The number of aromatic nitrogens is 2. The minimum atomic E-state index is -0.621. The Hall–Kier alpha value is -3.94.